The zero-order valence-electron chi connectivity index (χ0n) is 34.4. The number of pyridine rings is 1. The van der Waals surface area contributed by atoms with Crippen LogP contribution in [0.15, 0.2) is 121 Å². The van der Waals surface area contributed by atoms with Crippen LogP contribution < -0.4 is 19.5 Å². The average molecular weight is 869 g/mol. The molecule has 5 aromatic carbocycles. The molecular weight excluding hydrogens is 821 g/mol. The molecule has 316 valence electrons. The molecule has 9 nitrogen and oxygen atoms in total. The molecule has 6 aromatic rings. The van der Waals surface area contributed by atoms with E-state index < -0.39 is 18.1 Å². The predicted molar refractivity (Wildman–Crippen MR) is 240 cm³/mol. The third kappa shape index (κ3) is 8.89. The highest BCUT2D eigenvalue weighted by Crippen LogP contribution is 2.43. The van der Waals surface area contributed by atoms with Crippen molar-refractivity contribution in [2.24, 2.45) is 0 Å². The molecule has 0 fully saturated rings. The van der Waals surface area contributed by atoms with Gasteiger partial charge in [0.15, 0.2) is 17.6 Å². The number of rotatable bonds is 13. The van der Waals surface area contributed by atoms with Crippen LogP contribution in [0.4, 0.5) is 0 Å². The van der Waals surface area contributed by atoms with Gasteiger partial charge in [-0.15, -0.1) is 0 Å². The Morgan fingerprint density at radius 3 is 2.42 bits per heavy atom. The molecule has 0 saturated carbocycles. The summed E-state index contributed by atoms with van der Waals surface area (Å²) in [5.74, 6) is 0.572. The van der Waals surface area contributed by atoms with Crippen molar-refractivity contribution in [1.82, 2.24) is 15.2 Å². The Kier molecular flexibility index (Phi) is 12.2. The number of amides is 1. The summed E-state index contributed by atoms with van der Waals surface area (Å²) in [5, 5.41) is 14.4. The van der Waals surface area contributed by atoms with Crippen LogP contribution in [0.5, 0.6) is 17.2 Å². The van der Waals surface area contributed by atoms with Crippen LogP contribution in [-0.2, 0) is 48.4 Å². The molecule has 4 unspecified atom stereocenters. The number of carboxylic acid groups (broad SMARTS) is 1. The molecule has 2 aliphatic heterocycles. The Balaban J connectivity index is 0.916. The van der Waals surface area contributed by atoms with E-state index in [1.165, 1.54) is 11.1 Å². The van der Waals surface area contributed by atoms with Crippen molar-refractivity contribution in [3.63, 3.8) is 0 Å². The Hall–Kier alpha value is -5.87. The number of carbonyl (C=O) groups excluding carboxylic acids is 1. The minimum Gasteiger partial charge on any atom is -0.489 e. The fraction of sp³-hybridized carbons (Fsp3) is 0.275. The number of hydrogen-bond donors (Lipinski definition) is 2. The van der Waals surface area contributed by atoms with E-state index in [0.717, 1.165) is 70.3 Å². The third-order valence-corrected chi connectivity index (χ3v) is 13.1. The second-order valence-electron chi connectivity index (χ2n) is 16.3. The van der Waals surface area contributed by atoms with E-state index in [1.54, 1.807) is 12.1 Å². The minimum atomic E-state index is -1.11. The van der Waals surface area contributed by atoms with E-state index in [-0.39, 0.29) is 24.5 Å². The summed E-state index contributed by atoms with van der Waals surface area (Å²) < 4.78 is 18.9. The van der Waals surface area contributed by atoms with E-state index in [1.807, 2.05) is 91.1 Å². The van der Waals surface area contributed by atoms with Gasteiger partial charge in [0.25, 0.3) is 0 Å². The van der Waals surface area contributed by atoms with Gasteiger partial charge in [0.1, 0.15) is 25.0 Å². The topological polar surface area (TPSA) is 110 Å². The molecule has 1 aromatic heterocycles. The maximum atomic E-state index is 14.5. The summed E-state index contributed by atoms with van der Waals surface area (Å²) in [4.78, 5) is 34.0. The van der Waals surface area contributed by atoms with Crippen molar-refractivity contribution in [1.29, 1.82) is 0 Å². The summed E-state index contributed by atoms with van der Waals surface area (Å²) in [7, 11) is 0. The molecular formula is C51H47Cl2N3O6. The maximum absolute atomic E-state index is 14.5. The maximum Gasteiger partial charge on any atom is 0.326 e. The van der Waals surface area contributed by atoms with Gasteiger partial charge in [0, 0.05) is 30.9 Å². The van der Waals surface area contributed by atoms with Gasteiger partial charge in [-0.05, 0) is 125 Å². The first kappa shape index (κ1) is 41.5. The third-order valence-electron chi connectivity index (χ3n) is 12.3. The number of halogens is 2. The van der Waals surface area contributed by atoms with Crippen molar-refractivity contribution in [2.45, 2.75) is 82.8 Å². The van der Waals surface area contributed by atoms with Crippen LogP contribution in [0.3, 0.4) is 0 Å². The Labute approximate surface area is 371 Å². The molecule has 11 heteroatoms. The quantitative estimate of drug-likeness (QED) is 0.118. The molecule has 0 spiro atoms. The van der Waals surface area contributed by atoms with E-state index >= 15 is 0 Å². The van der Waals surface area contributed by atoms with Crippen LogP contribution in [0, 0.1) is 0 Å². The second kappa shape index (κ2) is 18.2. The molecule has 3 heterocycles. The van der Waals surface area contributed by atoms with Crippen LogP contribution in [0.25, 0.3) is 11.1 Å². The number of nitrogens with one attached hydrogen (secondary N) is 1. The summed E-state index contributed by atoms with van der Waals surface area (Å²) in [6.45, 7) is 3.24. The number of hydrogen-bond acceptors (Lipinski definition) is 7. The lowest BCUT2D eigenvalue weighted by molar-refractivity contribution is -0.143. The van der Waals surface area contributed by atoms with E-state index in [2.05, 4.69) is 40.3 Å². The standard InChI is InChI=1S/C51H47Cl2N3O6/c1-2-45(34-7-4-3-5-8-34)56-28-37-27-48-47(61-30-49(62-48)35-16-18-38(19-17-35)60-29-32-13-20-41(52)42(53)23-32)26-36(37)25-46(56)50(57)55-44(51(58)59)24-31-11-14-33(15-12-31)39-21-22-54-43-10-6-9-40(39)43/h3-5,7-8,11-23,26-27,44-46,49H,2,6,9-10,24-25,28-30H2,1H3,(H,55,57)(H,58,59). The molecule has 9 rings (SSSR count). The number of carbonyl (C=O) groups is 2. The van der Waals surface area contributed by atoms with E-state index in [9.17, 15) is 14.7 Å². The minimum absolute atomic E-state index is 0.0936. The van der Waals surface area contributed by atoms with Crippen LogP contribution in [0.1, 0.15) is 76.5 Å². The molecule has 62 heavy (non-hydrogen) atoms. The van der Waals surface area contributed by atoms with Crippen molar-refractivity contribution >= 4 is 35.1 Å². The highest BCUT2D eigenvalue weighted by molar-refractivity contribution is 6.42. The van der Waals surface area contributed by atoms with Gasteiger partial charge in [-0.2, -0.15) is 0 Å². The van der Waals surface area contributed by atoms with Gasteiger partial charge in [-0.25, -0.2) is 4.79 Å². The summed E-state index contributed by atoms with van der Waals surface area (Å²) in [6, 6.07) is 35.6. The lowest BCUT2D eigenvalue weighted by atomic mass is 9.89. The lowest BCUT2D eigenvalue weighted by Gasteiger charge is -2.42. The lowest BCUT2D eigenvalue weighted by Crippen LogP contribution is -2.55. The number of aryl methyl sites for hydroxylation is 1. The highest BCUT2D eigenvalue weighted by Gasteiger charge is 2.39. The number of ether oxygens (including phenoxy) is 3. The summed E-state index contributed by atoms with van der Waals surface area (Å²) >= 11 is 12.2. The summed E-state index contributed by atoms with van der Waals surface area (Å²) in [6.07, 6.45) is 5.93. The predicted octanol–water partition coefficient (Wildman–Crippen LogP) is 10.3. The van der Waals surface area contributed by atoms with Gasteiger partial charge in [0.2, 0.25) is 5.91 Å². The van der Waals surface area contributed by atoms with Crippen LogP contribution >= 0.6 is 23.2 Å². The van der Waals surface area contributed by atoms with E-state index in [4.69, 9.17) is 37.4 Å². The van der Waals surface area contributed by atoms with Crippen molar-refractivity contribution in [3.8, 4) is 28.4 Å². The van der Waals surface area contributed by atoms with Gasteiger partial charge in [-0.3, -0.25) is 14.7 Å². The molecule has 4 atom stereocenters. The molecule has 0 radical (unpaired) electrons. The highest BCUT2D eigenvalue weighted by atomic mass is 35.5. The number of benzene rings is 5. The van der Waals surface area contributed by atoms with Gasteiger partial charge in [0.05, 0.1) is 16.1 Å². The number of fused-ring (bicyclic) bond motifs is 3. The average Bonchev–Trinajstić information content (AvgIpc) is 3.79. The zero-order valence-corrected chi connectivity index (χ0v) is 35.9. The van der Waals surface area contributed by atoms with Gasteiger partial charge >= 0.3 is 5.97 Å². The van der Waals surface area contributed by atoms with Crippen LogP contribution in [-0.4, -0.2) is 45.6 Å². The zero-order chi connectivity index (χ0) is 42.7. The number of nitrogens with zero attached hydrogens (tertiary/aromatic N) is 2. The van der Waals surface area contributed by atoms with Crippen molar-refractivity contribution in [3.05, 3.63) is 176 Å². The second-order valence-corrected chi connectivity index (χ2v) is 17.1. The Bertz CT molecular complexity index is 2590. The first-order chi connectivity index (χ1) is 30.2. The number of carboxylic acids is 1. The smallest absolute Gasteiger partial charge is 0.326 e. The first-order valence-corrected chi connectivity index (χ1v) is 22.0. The molecule has 1 amide bonds. The summed E-state index contributed by atoms with van der Waals surface area (Å²) in [5.41, 5.74) is 10.5. The largest absolute Gasteiger partial charge is 0.489 e. The monoisotopic (exact) mass is 867 g/mol. The normalized spacial score (nSPS) is 17.7. The number of aromatic nitrogens is 1. The van der Waals surface area contributed by atoms with Gasteiger partial charge < -0.3 is 24.6 Å². The molecule has 0 bridgehead atoms. The fourth-order valence-electron chi connectivity index (χ4n) is 9.08. The van der Waals surface area contributed by atoms with E-state index in [0.29, 0.717) is 53.5 Å². The Morgan fingerprint density at radius 2 is 1.66 bits per heavy atom. The fourth-order valence-corrected chi connectivity index (χ4v) is 9.40. The SMILES string of the molecule is CCC(c1ccccc1)N1Cc2cc3c(cc2CC1C(=O)NC(Cc1ccc(-c2ccnc4c2CCC4)cc1)C(=O)O)OCC(c1ccc(OCc2ccc(Cl)c(Cl)c2)cc1)O3. The van der Waals surface area contributed by atoms with Crippen LogP contribution in [0.2, 0.25) is 10.0 Å². The van der Waals surface area contributed by atoms with Gasteiger partial charge in [-0.1, -0.05) is 103 Å². The molecule has 3 aliphatic rings. The molecule has 1 aliphatic carbocycles. The van der Waals surface area contributed by atoms with Crippen molar-refractivity contribution in [2.75, 3.05) is 6.61 Å². The first-order valence-electron chi connectivity index (χ1n) is 21.2. The number of aliphatic carboxylic acids is 1. The Morgan fingerprint density at radius 1 is 0.887 bits per heavy atom. The van der Waals surface area contributed by atoms with Crippen molar-refractivity contribution < 1.29 is 28.9 Å². The molecule has 0 saturated heterocycles. The molecule has 2 N–H and O–H groups in total.